The molecule has 3 rings (SSSR count). The fourth-order valence-electron chi connectivity index (χ4n) is 3.75. The zero-order valence-electron chi connectivity index (χ0n) is 16.5. The number of rotatable bonds is 4. The fraction of sp³-hybridized carbons (Fsp3) is 0.381. The lowest BCUT2D eigenvalue weighted by atomic mass is 9.97. The highest BCUT2D eigenvalue weighted by Crippen LogP contribution is 2.37. The van der Waals surface area contributed by atoms with E-state index in [1.54, 1.807) is 0 Å². The molecule has 168 valence electrons. The Balaban J connectivity index is 1.85. The second-order valence-electron chi connectivity index (χ2n) is 7.47. The molecule has 1 fully saturated rings. The number of anilines is 1. The molecule has 1 aliphatic rings. The van der Waals surface area contributed by atoms with Gasteiger partial charge in [-0.05, 0) is 62.4 Å². The number of hydrogen-bond acceptors (Lipinski definition) is 2. The highest BCUT2D eigenvalue weighted by Gasteiger charge is 2.37. The maximum absolute atomic E-state index is 13.1. The molecule has 2 N–H and O–H groups in total. The monoisotopic (exact) mass is 461 g/mol. The molecule has 2 atom stereocenters. The molecule has 10 heteroatoms. The predicted molar refractivity (Wildman–Crippen MR) is 111 cm³/mol. The van der Waals surface area contributed by atoms with Crippen molar-refractivity contribution in [3.05, 3.63) is 65.2 Å². The highest BCUT2D eigenvalue weighted by molar-refractivity contribution is 7.80. The second kappa shape index (κ2) is 9.04. The minimum Gasteiger partial charge on any atom is -0.354 e. The van der Waals surface area contributed by atoms with Gasteiger partial charge in [-0.3, -0.25) is 0 Å². The van der Waals surface area contributed by atoms with Gasteiger partial charge in [0, 0.05) is 11.7 Å². The summed E-state index contributed by atoms with van der Waals surface area (Å²) >= 11 is 5.26. The van der Waals surface area contributed by atoms with Gasteiger partial charge in [-0.15, -0.1) is 0 Å². The molecule has 0 radical (unpaired) electrons. The van der Waals surface area contributed by atoms with Crippen molar-refractivity contribution in [3.63, 3.8) is 0 Å². The quantitative estimate of drug-likeness (QED) is 0.442. The van der Waals surface area contributed by atoms with E-state index < -0.39 is 23.5 Å². The summed E-state index contributed by atoms with van der Waals surface area (Å²) in [5.41, 5.74) is -2.26. The molecule has 0 aromatic heterocycles. The van der Waals surface area contributed by atoms with Crippen LogP contribution in [0.4, 0.5) is 32.0 Å². The Morgan fingerprint density at radius 1 is 1.00 bits per heavy atom. The van der Waals surface area contributed by atoms with Crippen LogP contribution < -0.4 is 10.6 Å². The average Bonchev–Trinajstić information content (AvgIpc) is 3.11. The minimum atomic E-state index is -4.92. The summed E-state index contributed by atoms with van der Waals surface area (Å²) in [5.74, 6) is 0. The van der Waals surface area contributed by atoms with Crippen molar-refractivity contribution in [2.24, 2.45) is 0 Å². The molecular formula is C21H21F6N3S. The molecule has 0 aliphatic carbocycles. The van der Waals surface area contributed by atoms with Gasteiger partial charge in [-0.25, -0.2) is 0 Å². The van der Waals surface area contributed by atoms with Crippen LogP contribution in [-0.2, 0) is 12.4 Å². The van der Waals surface area contributed by atoms with Crippen LogP contribution in [0.1, 0.15) is 35.6 Å². The third kappa shape index (κ3) is 5.88. The molecule has 0 unspecified atom stereocenters. The Morgan fingerprint density at radius 2 is 1.58 bits per heavy atom. The topological polar surface area (TPSA) is 27.3 Å². The molecule has 0 spiro atoms. The number of alkyl halides is 6. The summed E-state index contributed by atoms with van der Waals surface area (Å²) in [7, 11) is 1.97. The summed E-state index contributed by atoms with van der Waals surface area (Å²) in [5, 5.41) is 5.54. The Morgan fingerprint density at radius 3 is 2.06 bits per heavy atom. The van der Waals surface area contributed by atoms with Crippen LogP contribution in [0.5, 0.6) is 0 Å². The first kappa shape index (κ1) is 23.3. The summed E-state index contributed by atoms with van der Waals surface area (Å²) in [6.07, 6.45) is -7.99. The van der Waals surface area contributed by atoms with Crippen LogP contribution in [0.15, 0.2) is 48.5 Å². The van der Waals surface area contributed by atoms with Crippen LogP contribution in [-0.4, -0.2) is 29.6 Å². The van der Waals surface area contributed by atoms with E-state index in [1.807, 2.05) is 37.4 Å². The third-order valence-electron chi connectivity index (χ3n) is 5.25. The summed E-state index contributed by atoms with van der Waals surface area (Å²) in [6.45, 7) is 0.887. The van der Waals surface area contributed by atoms with Gasteiger partial charge < -0.3 is 15.5 Å². The van der Waals surface area contributed by atoms with E-state index in [2.05, 4.69) is 15.5 Å². The lowest BCUT2D eigenvalue weighted by Crippen LogP contribution is -2.43. The van der Waals surface area contributed by atoms with Crippen LogP contribution in [0.3, 0.4) is 0 Å². The molecule has 0 bridgehead atoms. The number of nitrogens with zero attached hydrogens (tertiary/aromatic N) is 1. The van der Waals surface area contributed by atoms with Gasteiger partial charge >= 0.3 is 12.4 Å². The van der Waals surface area contributed by atoms with E-state index in [4.69, 9.17) is 12.2 Å². The summed E-state index contributed by atoms with van der Waals surface area (Å²) in [6, 6.07) is 10.5. The van der Waals surface area contributed by atoms with Gasteiger partial charge in [0.2, 0.25) is 0 Å². The Labute approximate surface area is 181 Å². The molecule has 0 amide bonds. The SMILES string of the molecule is CN1CCC[C@H]1[C@@H](NC(=S)Nc1cc(C(F)(F)F)cc(C(F)(F)F)c1)c1ccccc1. The van der Waals surface area contributed by atoms with Crippen molar-refractivity contribution in [1.29, 1.82) is 0 Å². The van der Waals surface area contributed by atoms with Crippen LogP contribution in [0, 0.1) is 0 Å². The van der Waals surface area contributed by atoms with Gasteiger partial charge in [0.25, 0.3) is 0 Å². The lowest BCUT2D eigenvalue weighted by Gasteiger charge is -2.31. The van der Waals surface area contributed by atoms with Crippen molar-refractivity contribution < 1.29 is 26.3 Å². The van der Waals surface area contributed by atoms with Crippen molar-refractivity contribution in [1.82, 2.24) is 10.2 Å². The van der Waals surface area contributed by atoms with Crippen LogP contribution in [0.2, 0.25) is 0 Å². The number of likely N-dealkylation sites (N-methyl/N-ethyl adjacent to an activating group) is 1. The molecule has 2 aromatic rings. The summed E-state index contributed by atoms with van der Waals surface area (Å²) in [4.78, 5) is 2.15. The molecule has 1 aliphatic heterocycles. The van der Waals surface area contributed by atoms with E-state index in [9.17, 15) is 26.3 Å². The van der Waals surface area contributed by atoms with E-state index >= 15 is 0 Å². The van der Waals surface area contributed by atoms with Crippen LogP contribution >= 0.6 is 12.2 Å². The zero-order valence-corrected chi connectivity index (χ0v) is 17.3. The molecule has 1 heterocycles. The van der Waals surface area contributed by atoms with Crippen molar-refractivity contribution >= 4 is 23.0 Å². The molecule has 3 nitrogen and oxygen atoms in total. The van der Waals surface area contributed by atoms with Gasteiger partial charge in [0.1, 0.15) is 0 Å². The smallest absolute Gasteiger partial charge is 0.354 e. The lowest BCUT2D eigenvalue weighted by molar-refractivity contribution is -0.143. The Kier molecular flexibility index (Phi) is 6.80. The van der Waals surface area contributed by atoms with Gasteiger partial charge in [-0.1, -0.05) is 30.3 Å². The highest BCUT2D eigenvalue weighted by atomic mass is 32.1. The number of thiocarbonyl (C=S) groups is 1. The number of benzene rings is 2. The van der Waals surface area contributed by atoms with E-state index in [0.29, 0.717) is 12.1 Å². The predicted octanol–water partition coefficient (Wildman–Crippen LogP) is 5.85. The number of hydrogen-bond donors (Lipinski definition) is 2. The summed E-state index contributed by atoms with van der Waals surface area (Å²) < 4.78 is 78.6. The van der Waals surface area contributed by atoms with Crippen molar-refractivity contribution in [3.8, 4) is 0 Å². The van der Waals surface area contributed by atoms with Gasteiger partial charge in [0.15, 0.2) is 5.11 Å². The van der Waals surface area contributed by atoms with Crippen molar-refractivity contribution in [2.45, 2.75) is 37.3 Å². The average molecular weight is 461 g/mol. The molecule has 0 saturated carbocycles. The van der Waals surface area contributed by atoms with E-state index in [1.165, 1.54) is 0 Å². The normalized spacial score (nSPS) is 18.6. The van der Waals surface area contributed by atoms with Gasteiger partial charge in [-0.2, -0.15) is 26.3 Å². The largest absolute Gasteiger partial charge is 0.416 e. The number of nitrogens with one attached hydrogen (secondary N) is 2. The Hall–Kier alpha value is -2.33. The van der Waals surface area contributed by atoms with E-state index in [0.717, 1.165) is 24.9 Å². The zero-order chi connectivity index (χ0) is 22.8. The maximum atomic E-state index is 13.1. The molecule has 1 saturated heterocycles. The fourth-order valence-corrected chi connectivity index (χ4v) is 4.00. The first-order valence-electron chi connectivity index (χ1n) is 9.57. The van der Waals surface area contributed by atoms with E-state index in [-0.39, 0.29) is 28.9 Å². The second-order valence-corrected chi connectivity index (χ2v) is 7.88. The van der Waals surface area contributed by atoms with Crippen LogP contribution in [0.25, 0.3) is 0 Å². The molecular weight excluding hydrogens is 440 g/mol. The van der Waals surface area contributed by atoms with Crippen molar-refractivity contribution in [2.75, 3.05) is 18.9 Å². The standard InChI is InChI=1S/C21H21F6N3S/c1-30-9-5-8-17(30)18(13-6-3-2-4-7-13)29-19(31)28-16-11-14(20(22,23)24)10-15(12-16)21(25,26)27/h2-4,6-7,10-12,17-18H,5,8-9H2,1H3,(H2,28,29,31)/t17-,18-/m0/s1. The first-order chi connectivity index (χ1) is 14.4. The maximum Gasteiger partial charge on any atom is 0.416 e. The minimum absolute atomic E-state index is 0.0541. The Bertz CT molecular complexity index is 881. The van der Waals surface area contributed by atoms with Gasteiger partial charge in [0.05, 0.1) is 17.2 Å². The third-order valence-corrected chi connectivity index (χ3v) is 5.47. The number of halogens is 6. The molecule has 31 heavy (non-hydrogen) atoms. The molecule has 2 aromatic carbocycles. The first-order valence-corrected chi connectivity index (χ1v) is 9.98. The number of likely N-dealkylation sites (tertiary alicyclic amines) is 1.